The normalized spacial score (nSPS) is 11.9. The Kier molecular flexibility index (Phi) is 10.2. The van der Waals surface area contributed by atoms with Crippen molar-refractivity contribution in [3.8, 4) is 0 Å². The van der Waals surface area contributed by atoms with E-state index >= 15 is 0 Å². The van der Waals surface area contributed by atoms with Crippen LogP contribution in [-0.4, -0.2) is 27.7 Å². The van der Waals surface area contributed by atoms with Gasteiger partial charge in [-0.2, -0.15) is 44.8 Å². The minimum Gasteiger partial charge on any atom is -0.472 e. The maximum Gasteiger partial charge on any atom is 0.300 e. The second-order valence-corrected chi connectivity index (χ2v) is 26.7. The van der Waals surface area contributed by atoms with Crippen molar-refractivity contribution in [2.24, 2.45) is 0 Å². The molecule has 4 aromatic rings. The Morgan fingerprint density at radius 1 is 0.455 bits per heavy atom. The number of furan rings is 4. The van der Waals surface area contributed by atoms with Gasteiger partial charge in [-0.1, -0.05) is 0 Å². The predicted octanol–water partition coefficient (Wildman–Crippen LogP) is 7.70. The molecule has 176 valence electrons. The van der Waals surface area contributed by atoms with Gasteiger partial charge in [-0.15, -0.1) is 0 Å². The fourth-order valence-electron chi connectivity index (χ4n) is 3.17. The maximum atomic E-state index is 5.28. The molecule has 4 aromatic heterocycles. The molecule has 0 atom stereocenters. The van der Waals surface area contributed by atoms with Crippen molar-refractivity contribution < 1.29 is 17.7 Å². The highest BCUT2D eigenvalue weighted by atomic mass is 32.9. The smallest absolute Gasteiger partial charge is 0.300 e. The summed E-state index contributed by atoms with van der Waals surface area (Å²) in [4.78, 5) is 0. The van der Waals surface area contributed by atoms with Crippen molar-refractivity contribution in [3.05, 3.63) is 96.6 Å². The lowest BCUT2D eigenvalue weighted by Crippen LogP contribution is -2.23. The summed E-state index contributed by atoms with van der Waals surface area (Å²) in [7, 11) is 0. The van der Waals surface area contributed by atoms with Gasteiger partial charge in [0.2, 0.25) is 0 Å². The summed E-state index contributed by atoms with van der Waals surface area (Å²) in [6.45, 7) is 0. The molecular formula is C24H28O4S4Si. The minimum atomic E-state index is -1.79. The average Bonchev–Trinajstić information content (AvgIpc) is 3.63. The van der Waals surface area contributed by atoms with Gasteiger partial charge >= 0.3 is 4.67 Å². The molecule has 0 saturated heterocycles. The van der Waals surface area contributed by atoms with Gasteiger partial charge in [0, 0.05) is 0 Å². The van der Waals surface area contributed by atoms with Crippen molar-refractivity contribution in [3.63, 3.8) is 0 Å². The number of hydrogen-bond donors (Lipinski definition) is 0. The highest BCUT2D eigenvalue weighted by Crippen LogP contribution is 2.51. The summed E-state index contributed by atoms with van der Waals surface area (Å²) in [5, 5.41) is 0. The second kappa shape index (κ2) is 13.6. The summed E-state index contributed by atoms with van der Waals surface area (Å²) in [5.41, 5.74) is 5.11. The number of aryl methyl sites for hydroxylation is 4. The van der Waals surface area contributed by atoms with Crippen LogP contribution in [0.5, 0.6) is 0 Å². The van der Waals surface area contributed by atoms with E-state index in [-0.39, 0.29) is 0 Å². The van der Waals surface area contributed by atoms with Crippen molar-refractivity contribution in [1.82, 2.24) is 0 Å². The van der Waals surface area contributed by atoms with Crippen LogP contribution in [0, 0.1) is 0 Å². The second-order valence-electron chi connectivity index (χ2n) is 7.42. The molecule has 4 nitrogen and oxygen atoms in total. The van der Waals surface area contributed by atoms with Crippen LogP contribution in [0.4, 0.5) is 0 Å². The van der Waals surface area contributed by atoms with Crippen LogP contribution in [0.25, 0.3) is 0 Å². The molecule has 0 spiro atoms. The van der Waals surface area contributed by atoms with Crippen molar-refractivity contribution >= 4 is 49.5 Å². The molecular weight excluding hydrogens is 509 g/mol. The molecule has 9 heteroatoms. The predicted molar refractivity (Wildman–Crippen MR) is 145 cm³/mol. The molecule has 33 heavy (non-hydrogen) atoms. The lowest BCUT2D eigenvalue weighted by Gasteiger charge is -2.29. The largest absolute Gasteiger partial charge is 0.472 e. The molecule has 0 amide bonds. The zero-order chi connectivity index (χ0) is 22.6. The average molecular weight is 537 g/mol. The van der Waals surface area contributed by atoms with E-state index in [4.69, 9.17) is 17.7 Å². The van der Waals surface area contributed by atoms with Gasteiger partial charge in [-0.3, -0.25) is 0 Å². The van der Waals surface area contributed by atoms with Crippen LogP contribution in [0.1, 0.15) is 22.3 Å². The van der Waals surface area contributed by atoms with E-state index in [1.807, 2.05) is 25.1 Å². The molecule has 0 aliphatic rings. The zero-order valence-electron chi connectivity index (χ0n) is 18.4. The van der Waals surface area contributed by atoms with Gasteiger partial charge in [-0.05, 0) is 95.2 Å². The Morgan fingerprint density at radius 3 is 0.939 bits per heavy atom. The first kappa shape index (κ1) is 24.8. The summed E-state index contributed by atoms with van der Waals surface area (Å²) in [6.07, 6.45) is 18.7. The molecule has 0 radical (unpaired) electrons. The Bertz CT molecular complexity index is 819. The SMILES string of the molecule is c1cc(CCS[Si](SCCc2ccoc2)(SCCc2ccoc2)SCCc2ccoc2)co1. The Hall–Kier alpha value is -1.26. The highest BCUT2D eigenvalue weighted by molar-refractivity contribution is 8.99. The summed E-state index contributed by atoms with van der Waals surface area (Å²) >= 11 is 8.78. The molecule has 4 heterocycles. The molecule has 4 rings (SSSR count). The molecule has 0 aliphatic heterocycles. The fraction of sp³-hybridized carbons (Fsp3) is 0.333. The van der Waals surface area contributed by atoms with E-state index in [0.717, 1.165) is 48.7 Å². The molecule has 0 fully saturated rings. The highest BCUT2D eigenvalue weighted by Gasteiger charge is 2.36. The van der Waals surface area contributed by atoms with E-state index < -0.39 is 4.67 Å². The third kappa shape index (κ3) is 8.47. The van der Waals surface area contributed by atoms with Gasteiger partial charge < -0.3 is 17.7 Å². The van der Waals surface area contributed by atoms with E-state index in [2.05, 4.69) is 69.1 Å². The fourth-order valence-corrected chi connectivity index (χ4v) is 25.2. The number of rotatable bonds is 16. The van der Waals surface area contributed by atoms with Crippen molar-refractivity contribution in [2.45, 2.75) is 25.7 Å². The zero-order valence-corrected chi connectivity index (χ0v) is 22.6. The standard InChI is InChI=1S/C24H28O4S4Si/c1-9-25-17-21(1)5-13-29-33(30-14-6-22-2-10-26-18-22,31-15-7-23-3-11-27-19-23)32-16-8-24-4-12-28-20-24/h1-4,9-12,17-20H,5-8,13-16H2. The quantitative estimate of drug-likeness (QED) is 0.135. The van der Waals surface area contributed by atoms with Crippen LogP contribution in [-0.2, 0) is 25.7 Å². The minimum absolute atomic E-state index is 1.04. The third-order valence-electron chi connectivity index (χ3n) is 5.00. The van der Waals surface area contributed by atoms with Crippen LogP contribution >= 0.6 is 44.8 Å². The topological polar surface area (TPSA) is 52.6 Å². The number of hydrogen-bond acceptors (Lipinski definition) is 8. The van der Waals surface area contributed by atoms with E-state index in [9.17, 15) is 0 Å². The third-order valence-corrected chi connectivity index (χ3v) is 27.5. The van der Waals surface area contributed by atoms with E-state index in [1.54, 1.807) is 25.1 Å². The first-order valence-electron chi connectivity index (χ1n) is 10.9. The molecule has 0 aliphatic carbocycles. The Balaban J connectivity index is 1.40. The lowest BCUT2D eigenvalue weighted by atomic mass is 10.3. The molecule has 0 N–H and O–H groups in total. The van der Waals surface area contributed by atoms with E-state index in [1.165, 1.54) is 22.3 Å². The van der Waals surface area contributed by atoms with Crippen molar-refractivity contribution in [2.75, 3.05) is 23.0 Å². The van der Waals surface area contributed by atoms with Crippen LogP contribution in [0.15, 0.2) is 92.0 Å². The van der Waals surface area contributed by atoms with Crippen molar-refractivity contribution in [1.29, 1.82) is 0 Å². The molecule has 0 bridgehead atoms. The van der Waals surface area contributed by atoms with Gasteiger partial charge in [0.05, 0.1) is 50.1 Å². The molecule has 0 aromatic carbocycles. The van der Waals surface area contributed by atoms with Crippen LogP contribution in [0.3, 0.4) is 0 Å². The molecule has 0 unspecified atom stereocenters. The van der Waals surface area contributed by atoms with Gasteiger partial charge in [0.1, 0.15) is 0 Å². The van der Waals surface area contributed by atoms with Gasteiger partial charge in [0.15, 0.2) is 0 Å². The maximum absolute atomic E-state index is 5.28. The summed E-state index contributed by atoms with van der Waals surface area (Å²) in [6, 6.07) is 8.31. The lowest BCUT2D eigenvalue weighted by molar-refractivity contribution is 0.564. The first-order chi connectivity index (χ1) is 16.3. The van der Waals surface area contributed by atoms with Gasteiger partial charge in [-0.25, -0.2) is 0 Å². The van der Waals surface area contributed by atoms with E-state index in [0.29, 0.717) is 0 Å². The van der Waals surface area contributed by atoms with Gasteiger partial charge in [0.25, 0.3) is 0 Å². The van der Waals surface area contributed by atoms with Crippen LogP contribution in [0.2, 0.25) is 0 Å². The summed E-state index contributed by atoms with van der Waals surface area (Å²) < 4.78 is 19.3. The summed E-state index contributed by atoms with van der Waals surface area (Å²) in [5.74, 6) is 4.45. The first-order valence-corrected chi connectivity index (χ1v) is 19.8. The monoisotopic (exact) mass is 536 g/mol. The Labute approximate surface area is 211 Å². The Morgan fingerprint density at radius 2 is 0.727 bits per heavy atom. The van der Waals surface area contributed by atoms with Crippen LogP contribution < -0.4 is 0 Å². The molecule has 0 saturated carbocycles.